The van der Waals surface area contributed by atoms with E-state index >= 15 is 0 Å². The van der Waals surface area contributed by atoms with E-state index in [1.165, 1.54) is 16.8 Å². The summed E-state index contributed by atoms with van der Waals surface area (Å²) in [7, 11) is 0. The van der Waals surface area contributed by atoms with E-state index in [0.29, 0.717) is 40.4 Å². The van der Waals surface area contributed by atoms with Crippen molar-refractivity contribution in [2.24, 2.45) is 5.10 Å². The minimum Gasteiger partial charge on any atom is -0.490 e. The second-order valence-electron chi connectivity index (χ2n) is 7.53. The van der Waals surface area contributed by atoms with Crippen LogP contribution in [0.1, 0.15) is 23.9 Å². The fourth-order valence-electron chi connectivity index (χ4n) is 3.39. The molecule has 0 aliphatic rings. The van der Waals surface area contributed by atoms with E-state index in [-0.39, 0.29) is 17.9 Å². The second kappa shape index (κ2) is 10.5. The third-order valence-corrected chi connectivity index (χ3v) is 5.59. The molecule has 0 saturated heterocycles. The average molecular weight is 537 g/mol. The summed E-state index contributed by atoms with van der Waals surface area (Å²) in [5.74, 6) is 1.50. The van der Waals surface area contributed by atoms with Gasteiger partial charge in [0.2, 0.25) is 0 Å². The molecule has 0 spiro atoms. The van der Waals surface area contributed by atoms with Crippen molar-refractivity contribution in [1.82, 2.24) is 9.66 Å². The van der Waals surface area contributed by atoms with Crippen molar-refractivity contribution in [1.29, 1.82) is 0 Å². The zero-order chi connectivity index (χ0) is 24.9. The molecule has 10 heteroatoms. The summed E-state index contributed by atoms with van der Waals surface area (Å²) >= 11 is 3.38. The van der Waals surface area contributed by atoms with Gasteiger partial charge in [0.05, 0.1) is 28.6 Å². The molecule has 0 amide bonds. The molecule has 0 aliphatic heterocycles. The number of hydrogen-bond donors (Lipinski definition) is 0. The van der Waals surface area contributed by atoms with Crippen LogP contribution in [0.15, 0.2) is 75.0 Å². The monoisotopic (exact) mass is 536 g/mol. The van der Waals surface area contributed by atoms with E-state index in [1.54, 1.807) is 55.6 Å². The quantitative estimate of drug-likeness (QED) is 0.173. The van der Waals surface area contributed by atoms with Crippen molar-refractivity contribution in [3.63, 3.8) is 0 Å². The van der Waals surface area contributed by atoms with Crippen LogP contribution in [-0.2, 0) is 6.61 Å². The molecule has 9 nitrogen and oxygen atoms in total. The molecule has 0 fully saturated rings. The Bertz CT molecular complexity index is 1480. The molecule has 0 N–H and O–H groups in total. The number of halogens is 1. The number of aromatic nitrogens is 2. The molecule has 0 unspecified atom stereocenters. The van der Waals surface area contributed by atoms with Gasteiger partial charge in [-0.2, -0.15) is 9.78 Å². The topological polar surface area (TPSA) is 109 Å². The summed E-state index contributed by atoms with van der Waals surface area (Å²) in [6.45, 7) is 4.23. The number of benzene rings is 3. The first-order valence-electron chi connectivity index (χ1n) is 10.7. The van der Waals surface area contributed by atoms with E-state index in [4.69, 9.17) is 9.47 Å². The van der Waals surface area contributed by atoms with E-state index < -0.39 is 4.92 Å². The summed E-state index contributed by atoms with van der Waals surface area (Å²) < 4.78 is 13.7. The van der Waals surface area contributed by atoms with Crippen LogP contribution in [0.5, 0.6) is 11.5 Å². The second-order valence-corrected chi connectivity index (χ2v) is 8.45. The first kappa shape index (κ1) is 24.1. The number of nitro benzene ring substituents is 1. The summed E-state index contributed by atoms with van der Waals surface area (Å²) in [5.41, 5.74) is 1.86. The smallest absolute Gasteiger partial charge is 0.282 e. The minimum atomic E-state index is -0.444. The van der Waals surface area contributed by atoms with Crippen molar-refractivity contribution < 1.29 is 14.4 Å². The highest BCUT2D eigenvalue weighted by Gasteiger charge is 2.10. The summed E-state index contributed by atoms with van der Waals surface area (Å²) in [5, 5.41) is 15.6. The van der Waals surface area contributed by atoms with Gasteiger partial charge in [-0.25, -0.2) is 4.98 Å². The standard InChI is InChI=1S/C25H21BrN4O5/c1-3-34-24-12-18(6-11-23(24)35-15-17-4-8-20(9-5-17)30(32)33)14-27-29-16(2)28-22-10-7-19(26)13-21(22)25(29)31/h4-14H,3,15H2,1-2H3. The summed E-state index contributed by atoms with van der Waals surface area (Å²) in [6, 6.07) is 16.8. The van der Waals surface area contributed by atoms with Crippen molar-refractivity contribution in [2.75, 3.05) is 6.61 Å². The van der Waals surface area contributed by atoms with Gasteiger partial charge in [-0.15, -0.1) is 0 Å². The zero-order valence-corrected chi connectivity index (χ0v) is 20.6. The van der Waals surface area contributed by atoms with E-state index in [2.05, 4.69) is 26.0 Å². The van der Waals surface area contributed by atoms with Gasteiger partial charge >= 0.3 is 0 Å². The SMILES string of the molecule is CCOc1cc(C=Nn2c(C)nc3ccc(Br)cc3c2=O)ccc1OCc1ccc([N+](=O)[O-])cc1. The van der Waals surface area contributed by atoms with Gasteiger partial charge < -0.3 is 9.47 Å². The zero-order valence-electron chi connectivity index (χ0n) is 19.0. The van der Waals surface area contributed by atoms with Crippen LogP contribution >= 0.6 is 15.9 Å². The van der Waals surface area contributed by atoms with Crippen LogP contribution in [0.25, 0.3) is 10.9 Å². The lowest BCUT2D eigenvalue weighted by molar-refractivity contribution is -0.384. The van der Waals surface area contributed by atoms with Gasteiger partial charge in [0.25, 0.3) is 11.2 Å². The molecule has 3 aromatic carbocycles. The molecule has 4 aromatic rings. The van der Waals surface area contributed by atoms with E-state index in [9.17, 15) is 14.9 Å². The number of non-ortho nitro benzene ring substituents is 1. The Hall–Kier alpha value is -4.05. The number of nitro groups is 1. The van der Waals surface area contributed by atoms with Crippen LogP contribution in [0.2, 0.25) is 0 Å². The Morgan fingerprint density at radius 3 is 2.57 bits per heavy atom. The molecular formula is C25H21BrN4O5. The van der Waals surface area contributed by atoms with Gasteiger partial charge in [0.1, 0.15) is 12.4 Å². The van der Waals surface area contributed by atoms with Crippen LogP contribution in [-0.4, -0.2) is 27.4 Å². The molecule has 0 atom stereocenters. The molecule has 0 bridgehead atoms. The van der Waals surface area contributed by atoms with Crippen LogP contribution in [0, 0.1) is 17.0 Å². The maximum absolute atomic E-state index is 12.9. The first-order valence-corrected chi connectivity index (χ1v) is 11.5. The lowest BCUT2D eigenvalue weighted by Crippen LogP contribution is -2.20. The number of fused-ring (bicyclic) bond motifs is 1. The largest absolute Gasteiger partial charge is 0.490 e. The Morgan fingerprint density at radius 1 is 1.09 bits per heavy atom. The molecule has 1 heterocycles. The Balaban J connectivity index is 1.57. The maximum Gasteiger partial charge on any atom is 0.282 e. The fourth-order valence-corrected chi connectivity index (χ4v) is 3.75. The van der Waals surface area contributed by atoms with Crippen LogP contribution in [0.4, 0.5) is 5.69 Å². The molecule has 0 aliphatic carbocycles. The Morgan fingerprint density at radius 2 is 1.86 bits per heavy atom. The minimum absolute atomic E-state index is 0.0241. The lowest BCUT2D eigenvalue weighted by Gasteiger charge is -2.13. The summed E-state index contributed by atoms with van der Waals surface area (Å²) in [4.78, 5) is 27.8. The number of aryl methyl sites for hydroxylation is 1. The van der Waals surface area contributed by atoms with Crippen molar-refractivity contribution in [3.05, 3.63) is 103 Å². The fraction of sp³-hybridized carbons (Fsp3) is 0.160. The van der Waals surface area contributed by atoms with Gasteiger partial charge in [0.15, 0.2) is 11.5 Å². The predicted octanol–water partition coefficient (Wildman–Crippen LogP) is 5.24. The summed E-state index contributed by atoms with van der Waals surface area (Å²) in [6.07, 6.45) is 1.56. The maximum atomic E-state index is 12.9. The average Bonchev–Trinajstić information content (AvgIpc) is 2.84. The predicted molar refractivity (Wildman–Crippen MR) is 136 cm³/mol. The van der Waals surface area contributed by atoms with E-state index in [1.807, 2.05) is 13.0 Å². The molecular weight excluding hydrogens is 516 g/mol. The molecule has 0 radical (unpaired) electrons. The van der Waals surface area contributed by atoms with Gasteiger partial charge in [0, 0.05) is 16.6 Å². The number of nitrogens with zero attached hydrogens (tertiary/aromatic N) is 4. The number of rotatable bonds is 8. The third-order valence-electron chi connectivity index (χ3n) is 5.10. The highest BCUT2D eigenvalue weighted by atomic mass is 79.9. The first-order chi connectivity index (χ1) is 16.9. The molecule has 35 heavy (non-hydrogen) atoms. The van der Waals surface area contributed by atoms with Gasteiger partial charge in [-0.3, -0.25) is 14.9 Å². The Labute approximate surface area is 208 Å². The van der Waals surface area contributed by atoms with Crippen LogP contribution < -0.4 is 15.0 Å². The van der Waals surface area contributed by atoms with E-state index in [0.717, 1.165) is 10.0 Å². The molecule has 4 rings (SSSR count). The molecule has 0 saturated carbocycles. The number of hydrogen-bond acceptors (Lipinski definition) is 7. The Kier molecular flexibility index (Phi) is 7.21. The third kappa shape index (κ3) is 5.55. The highest BCUT2D eigenvalue weighted by molar-refractivity contribution is 9.10. The van der Waals surface area contributed by atoms with Crippen molar-refractivity contribution in [3.8, 4) is 11.5 Å². The van der Waals surface area contributed by atoms with Gasteiger partial charge in [-0.05, 0) is 73.5 Å². The van der Waals surface area contributed by atoms with Crippen LogP contribution in [0.3, 0.4) is 0 Å². The van der Waals surface area contributed by atoms with Crippen molar-refractivity contribution in [2.45, 2.75) is 20.5 Å². The normalized spacial score (nSPS) is 11.2. The lowest BCUT2D eigenvalue weighted by atomic mass is 10.2. The van der Waals surface area contributed by atoms with Crippen molar-refractivity contribution >= 4 is 38.7 Å². The molecule has 178 valence electrons. The highest BCUT2D eigenvalue weighted by Crippen LogP contribution is 2.29. The number of ether oxygens (including phenoxy) is 2. The molecule has 1 aromatic heterocycles. The van der Waals surface area contributed by atoms with Gasteiger partial charge in [-0.1, -0.05) is 15.9 Å².